The summed E-state index contributed by atoms with van der Waals surface area (Å²) in [7, 11) is 0. The van der Waals surface area contributed by atoms with Crippen LogP contribution < -0.4 is 0 Å². The van der Waals surface area contributed by atoms with Gasteiger partial charge in [-0.3, -0.25) is 0 Å². The summed E-state index contributed by atoms with van der Waals surface area (Å²) in [6.07, 6.45) is 52.9. The Morgan fingerprint density at radius 3 is 0.625 bits per heavy atom. The summed E-state index contributed by atoms with van der Waals surface area (Å²) in [4.78, 5) is 0. The predicted molar refractivity (Wildman–Crippen MR) is 214 cm³/mol. The molecule has 0 aromatic rings. The van der Waals surface area contributed by atoms with Gasteiger partial charge in [-0.05, 0) is 12.8 Å². The molecule has 0 saturated carbocycles. The second-order valence-electron chi connectivity index (χ2n) is 15.5. The van der Waals surface area contributed by atoms with E-state index < -0.39 is 6.10 Å². The lowest BCUT2D eigenvalue weighted by atomic mass is 10.0. The number of ether oxygens (including phenoxy) is 2. The lowest BCUT2D eigenvalue weighted by molar-refractivity contribution is -0.0201. The van der Waals surface area contributed by atoms with Crippen LogP contribution >= 0.6 is 0 Å². The Hall–Kier alpha value is -0.120. The summed E-state index contributed by atoms with van der Waals surface area (Å²) in [6.45, 7) is 6.97. The summed E-state index contributed by atoms with van der Waals surface area (Å²) in [6, 6.07) is 0. The highest BCUT2D eigenvalue weighted by molar-refractivity contribution is 4.55. The quantitative estimate of drug-likeness (QED) is 0.0651. The number of hydrogen-bond acceptors (Lipinski definition) is 3. The van der Waals surface area contributed by atoms with E-state index in [1.807, 2.05) is 0 Å². The van der Waals surface area contributed by atoms with Crippen LogP contribution in [0.25, 0.3) is 0 Å². The highest BCUT2D eigenvalue weighted by atomic mass is 16.5. The minimum atomic E-state index is -0.481. The molecule has 290 valence electrons. The van der Waals surface area contributed by atoms with Crippen LogP contribution in [0.4, 0.5) is 0 Å². The number of aliphatic hydroxyl groups excluding tert-OH is 1. The molecule has 48 heavy (non-hydrogen) atoms. The minimum Gasteiger partial charge on any atom is -0.388 e. The van der Waals surface area contributed by atoms with Crippen LogP contribution in [0.15, 0.2) is 0 Å². The summed E-state index contributed by atoms with van der Waals surface area (Å²) in [5, 5.41) is 10.1. The highest BCUT2D eigenvalue weighted by Crippen LogP contribution is 2.16. The largest absolute Gasteiger partial charge is 0.388 e. The molecule has 0 bridgehead atoms. The number of rotatable bonds is 44. The number of aliphatic hydroxyl groups is 1. The Morgan fingerprint density at radius 2 is 0.438 bits per heavy atom. The third-order valence-electron chi connectivity index (χ3n) is 10.4. The lowest BCUT2D eigenvalue weighted by Crippen LogP contribution is -2.22. The van der Waals surface area contributed by atoms with Crippen LogP contribution in [0, 0.1) is 0 Å². The van der Waals surface area contributed by atoms with Crippen molar-refractivity contribution < 1.29 is 14.6 Å². The van der Waals surface area contributed by atoms with E-state index in [2.05, 4.69) is 13.8 Å². The zero-order valence-electron chi connectivity index (χ0n) is 33.5. The predicted octanol–water partition coefficient (Wildman–Crippen LogP) is 15.2. The first kappa shape index (κ1) is 47.9. The van der Waals surface area contributed by atoms with E-state index in [-0.39, 0.29) is 0 Å². The Kier molecular flexibility index (Phi) is 44.8. The van der Waals surface area contributed by atoms with Gasteiger partial charge in [-0.15, -0.1) is 0 Å². The van der Waals surface area contributed by atoms with E-state index in [1.54, 1.807) is 0 Å². The van der Waals surface area contributed by atoms with E-state index in [0.29, 0.717) is 13.2 Å². The molecule has 0 atom stereocenters. The third-order valence-corrected chi connectivity index (χ3v) is 10.4. The lowest BCUT2D eigenvalue weighted by Gasteiger charge is -2.12. The summed E-state index contributed by atoms with van der Waals surface area (Å²) in [5.74, 6) is 0. The van der Waals surface area contributed by atoms with Crippen molar-refractivity contribution >= 4 is 0 Å². The fourth-order valence-electron chi connectivity index (χ4n) is 7.05. The van der Waals surface area contributed by atoms with Crippen LogP contribution in [0.2, 0.25) is 0 Å². The second-order valence-corrected chi connectivity index (χ2v) is 15.5. The van der Waals surface area contributed by atoms with Gasteiger partial charge < -0.3 is 14.6 Å². The van der Waals surface area contributed by atoms with Gasteiger partial charge in [0.1, 0.15) is 6.10 Å². The molecule has 3 nitrogen and oxygen atoms in total. The molecule has 0 radical (unpaired) electrons. The molecule has 0 aliphatic heterocycles. The van der Waals surface area contributed by atoms with Gasteiger partial charge in [0.05, 0.1) is 13.2 Å². The van der Waals surface area contributed by atoms with E-state index in [4.69, 9.17) is 9.47 Å². The molecule has 0 aliphatic rings. The third kappa shape index (κ3) is 43.9. The Labute approximate surface area is 304 Å². The average Bonchev–Trinajstić information content (AvgIpc) is 3.09. The van der Waals surface area contributed by atoms with Crippen molar-refractivity contribution in [2.75, 3.05) is 26.4 Å². The Balaban J connectivity index is 3.14. The van der Waals surface area contributed by atoms with Crippen LogP contribution in [0.5, 0.6) is 0 Å². The standard InChI is InChI=1S/C45H92O3/c1-3-5-7-9-11-13-15-17-19-21-23-25-27-29-31-33-35-37-39-41-47-43-45(46)44-48-42-40-38-36-34-32-30-28-26-24-22-20-18-16-14-12-10-8-6-4-2/h45-46H,3-44H2,1-2H3. The van der Waals surface area contributed by atoms with Gasteiger partial charge in [0.15, 0.2) is 0 Å². The van der Waals surface area contributed by atoms with Gasteiger partial charge in [0.2, 0.25) is 0 Å². The zero-order valence-corrected chi connectivity index (χ0v) is 33.5. The maximum atomic E-state index is 10.1. The first-order valence-electron chi connectivity index (χ1n) is 22.6. The SMILES string of the molecule is CCCCCCCCCCCCCCCCCCCCCOCC(O)COCCCCCCCCCCCCCCCCCCCCC. The second kappa shape index (κ2) is 44.9. The van der Waals surface area contributed by atoms with Crippen molar-refractivity contribution in [3.63, 3.8) is 0 Å². The molecule has 0 aromatic heterocycles. The fraction of sp³-hybridized carbons (Fsp3) is 1.00. The average molecular weight is 681 g/mol. The molecular weight excluding hydrogens is 588 g/mol. The zero-order chi connectivity index (χ0) is 34.7. The van der Waals surface area contributed by atoms with Gasteiger partial charge >= 0.3 is 0 Å². The molecule has 0 rings (SSSR count). The van der Waals surface area contributed by atoms with Crippen molar-refractivity contribution in [2.45, 2.75) is 264 Å². The van der Waals surface area contributed by atoms with Gasteiger partial charge in [-0.1, -0.05) is 245 Å². The molecule has 0 spiro atoms. The molecule has 0 saturated heterocycles. The minimum absolute atomic E-state index is 0.415. The van der Waals surface area contributed by atoms with Crippen molar-refractivity contribution in [3.8, 4) is 0 Å². The highest BCUT2D eigenvalue weighted by Gasteiger charge is 2.04. The van der Waals surface area contributed by atoms with Crippen LogP contribution in [0.3, 0.4) is 0 Å². The molecule has 3 heteroatoms. The van der Waals surface area contributed by atoms with Gasteiger partial charge in [-0.2, -0.15) is 0 Å². The number of unbranched alkanes of at least 4 members (excludes halogenated alkanes) is 36. The maximum Gasteiger partial charge on any atom is 0.101 e. The topological polar surface area (TPSA) is 38.7 Å². The molecule has 0 aliphatic carbocycles. The smallest absolute Gasteiger partial charge is 0.101 e. The van der Waals surface area contributed by atoms with E-state index in [0.717, 1.165) is 26.1 Å². The molecule has 1 N–H and O–H groups in total. The molecule has 0 unspecified atom stereocenters. The van der Waals surface area contributed by atoms with Gasteiger partial charge in [0.25, 0.3) is 0 Å². The first-order valence-corrected chi connectivity index (χ1v) is 22.6. The monoisotopic (exact) mass is 681 g/mol. The Morgan fingerprint density at radius 1 is 0.271 bits per heavy atom. The van der Waals surface area contributed by atoms with Crippen LogP contribution in [0.1, 0.15) is 258 Å². The van der Waals surface area contributed by atoms with Crippen molar-refractivity contribution in [1.29, 1.82) is 0 Å². The van der Waals surface area contributed by atoms with Crippen LogP contribution in [-0.2, 0) is 9.47 Å². The summed E-state index contributed by atoms with van der Waals surface area (Å²) >= 11 is 0. The van der Waals surface area contributed by atoms with Crippen LogP contribution in [-0.4, -0.2) is 37.6 Å². The van der Waals surface area contributed by atoms with Gasteiger partial charge in [-0.25, -0.2) is 0 Å². The molecule has 0 fully saturated rings. The van der Waals surface area contributed by atoms with E-state index in [9.17, 15) is 5.11 Å². The van der Waals surface area contributed by atoms with Crippen molar-refractivity contribution in [1.82, 2.24) is 0 Å². The molecular formula is C45H92O3. The Bertz CT molecular complexity index is 492. The summed E-state index contributed by atoms with van der Waals surface area (Å²) < 4.78 is 11.4. The van der Waals surface area contributed by atoms with Crippen molar-refractivity contribution in [3.05, 3.63) is 0 Å². The first-order chi connectivity index (χ1) is 23.8. The fourth-order valence-corrected chi connectivity index (χ4v) is 7.05. The molecule has 0 aromatic carbocycles. The number of hydrogen-bond donors (Lipinski definition) is 1. The molecule has 0 heterocycles. The van der Waals surface area contributed by atoms with Gasteiger partial charge in [0, 0.05) is 13.2 Å². The maximum absolute atomic E-state index is 10.1. The van der Waals surface area contributed by atoms with Crippen molar-refractivity contribution in [2.24, 2.45) is 0 Å². The van der Waals surface area contributed by atoms with E-state index in [1.165, 1.54) is 231 Å². The molecule has 0 amide bonds. The van der Waals surface area contributed by atoms with E-state index >= 15 is 0 Å². The normalized spacial score (nSPS) is 11.8. The summed E-state index contributed by atoms with van der Waals surface area (Å²) in [5.41, 5.74) is 0.